The number of nitrogens with zero attached hydrogens (tertiary/aromatic N) is 1. The Morgan fingerprint density at radius 1 is 1.11 bits per heavy atom. The Hall–Kier alpha value is -4.24. The second-order valence-electron chi connectivity index (χ2n) is 7.95. The van der Waals surface area contributed by atoms with E-state index in [2.05, 4.69) is 10.1 Å². The van der Waals surface area contributed by atoms with Crippen LogP contribution in [0.2, 0.25) is 5.02 Å². The van der Waals surface area contributed by atoms with Crippen molar-refractivity contribution in [3.63, 3.8) is 0 Å². The highest BCUT2D eigenvalue weighted by molar-refractivity contribution is 6.32. The molecule has 36 heavy (non-hydrogen) atoms. The van der Waals surface area contributed by atoms with E-state index in [0.717, 1.165) is 16.0 Å². The third kappa shape index (κ3) is 5.36. The van der Waals surface area contributed by atoms with E-state index in [4.69, 9.17) is 25.5 Å². The number of carbonyl (C=O) groups excluding carboxylic acids is 3. The summed E-state index contributed by atoms with van der Waals surface area (Å²) in [5.41, 5.74) is 2.69. The summed E-state index contributed by atoms with van der Waals surface area (Å²) >= 11 is 6.46. The van der Waals surface area contributed by atoms with Gasteiger partial charge in [-0.15, -0.1) is 0 Å². The maximum atomic E-state index is 12.9. The molecule has 1 aliphatic rings. The summed E-state index contributed by atoms with van der Waals surface area (Å²) in [6.07, 6.45) is 1.49. The van der Waals surface area contributed by atoms with Gasteiger partial charge in [0.1, 0.15) is 18.1 Å². The molecule has 1 N–H and O–H groups in total. The van der Waals surface area contributed by atoms with E-state index in [-0.39, 0.29) is 28.8 Å². The van der Waals surface area contributed by atoms with E-state index < -0.39 is 17.9 Å². The van der Waals surface area contributed by atoms with Crippen molar-refractivity contribution in [3.8, 4) is 11.5 Å². The summed E-state index contributed by atoms with van der Waals surface area (Å²) in [4.78, 5) is 37.8. The number of esters is 1. The summed E-state index contributed by atoms with van der Waals surface area (Å²) in [6, 6.07) is 13.5. The quantitative estimate of drug-likeness (QED) is 0.265. The van der Waals surface area contributed by atoms with E-state index in [9.17, 15) is 14.4 Å². The molecule has 2 heterocycles. The number of rotatable bonds is 8. The van der Waals surface area contributed by atoms with Crippen LogP contribution in [-0.4, -0.2) is 37.0 Å². The smallest absolute Gasteiger partial charge is 0.373 e. The SMILES string of the molecule is COC(=O)c1ccc(CN2C(=O)N/C(=C\c3cc(Cl)c(OCc4ccc(C)cc4)c(OC)c3)C2=O)o1. The minimum atomic E-state index is -0.656. The van der Waals surface area contributed by atoms with Gasteiger partial charge >= 0.3 is 12.0 Å². The number of ether oxygens (including phenoxy) is 3. The fraction of sp³-hybridized carbons (Fsp3) is 0.192. The second kappa shape index (κ2) is 10.6. The average Bonchev–Trinajstić information content (AvgIpc) is 3.44. The van der Waals surface area contributed by atoms with Crippen LogP contribution < -0.4 is 14.8 Å². The zero-order chi connectivity index (χ0) is 25.8. The van der Waals surface area contributed by atoms with E-state index in [1.54, 1.807) is 12.1 Å². The standard InChI is InChI=1S/C26H23ClN2O7/c1-15-4-6-16(7-5-15)14-35-23-19(27)10-17(12-22(23)33-2)11-20-24(30)29(26(32)28-20)13-18-8-9-21(36-18)25(31)34-3/h4-12H,13-14H2,1-3H3,(H,28,32)/b20-11-. The third-order valence-electron chi connectivity index (χ3n) is 5.39. The Morgan fingerprint density at radius 2 is 1.86 bits per heavy atom. The first-order valence-electron chi connectivity index (χ1n) is 10.9. The molecule has 4 rings (SSSR count). The molecule has 0 atom stereocenters. The van der Waals surface area contributed by atoms with Gasteiger partial charge in [-0.05, 0) is 48.4 Å². The van der Waals surface area contributed by atoms with Gasteiger partial charge in [-0.25, -0.2) is 9.59 Å². The molecular weight excluding hydrogens is 488 g/mol. The molecule has 0 aliphatic carbocycles. The summed E-state index contributed by atoms with van der Waals surface area (Å²) in [7, 11) is 2.71. The van der Waals surface area contributed by atoms with Crippen LogP contribution in [0.15, 0.2) is 58.6 Å². The summed E-state index contributed by atoms with van der Waals surface area (Å²) in [5.74, 6) is -0.255. The van der Waals surface area contributed by atoms with Gasteiger partial charge in [-0.1, -0.05) is 41.4 Å². The number of halogens is 1. The van der Waals surface area contributed by atoms with Crippen LogP contribution in [0.25, 0.3) is 6.08 Å². The molecule has 1 aliphatic heterocycles. The molecule has 1 saturated heterocycles. The van der Waals surface area contributed by atoms with Gasteiger partial charge in [0.2, 0.25) is 5.76 Å². The van der Waals surface area contributed by atoms with Gasteiger partial charge in [0, 0.05) is 0 Å². The molecule has 186 valence electrons. The van der Waals surface area contributed by atoms with Crippen LogP contribution in [0.5, 0.6) is 11.5 Å². The monoisotopic (exact) mass is 510 g/mol. The fourth-order valence-corrected chi connectivity index (χ4v) is 3.79. The second-order valence-corrected chi connectivity index (χ2v) is 8.35. The molecule has 0 radical (unpaired) electrons. The van der Waals surface area contributed by atoms with Crippen molar-refractivity contribution in [2.75, 3.05) is 14.2 Å². The van der Waals surface area contributed by atoms with Gasteiger partial charge < -0.3 is 23.9 Å². The largest absolute Gasteiger partial charge is 0.493 e. The van der Waals surface area contributed by atoms with Crippen LogP contribution in [0, 0.1) is 6.92 Å². The number of urea groups is 1. The summed E-state index contributed by atoms with van der Waals surface area (Å²) < 4.78 is 21.3. The highest BCUT2D eigenvalue weighted by Gasteiger charge is 2.34. The average molecular weight is 511 g/mol. The number of carbonyl (C=O) groups is 3. The molecule has 1 aromatic heterocycles. The lowest BCUT2D eigenvalue weighted by Crippen LogP contribution is -2.30. The van der Waals surface area contributed by atoms with Crippen molar-refractivity contribution in [1.82, 2.24) is 10.2 Å². The maximum Gasteiger partial charge on any atom is 0.373 e. The Morgan fingerprint density at radius 3 is 2.56 bits per heavy atom. The molecular formula is C26H23ClN2O7. The topological polar surface area (TPSA) is 107 Å². The van der Waals surface area contributed by atoms with E-state index in [1.807, 2.05) is 31.2 Å². The third-order valence-corrected chi connectivity index (χ3v) is 5.67. The Bertz CT molecular complexity index is 1340. The normalized spacial score (nSPS) is 14.2. The number of amides is 3. The van der Waals surface area contributed by atoms with Crippen LogP contribution in [0.4, 0.5) is 4.79 Å². The predicted molar refractivity (Wildman–Crippen MR) is 131 cm³/mol. The number of aryl methyl sites for hydroxylation is 1. The van der Waals surface area contributed by atoms with Crippen molar-refractivity contribution in [3.05, 3.63) is 87.5 Å². The highest BCUT2D eigenvalue weighted by Crippen LogP contribution is 2.37. The Labute approximate surface area is 212 Å². The van der Waals surface area contributed by atoms with E-state index in [0.29, 0.717) is 23.7 Å². The Kier molecular flexibility index (Phi) is 7.30. The van der Waals surface area contributed by atoms with Crippen molar-refractivity contribution in [2.24, 2.45) is 0 Å². The summed E-state index contributed by atoms with van der Waals surface area (Å²) in [5, 5.41) is 2.82. The van der Waals surface area contributed by atoms with Gasteiger partial charge in [0.15, 0.2) is 11.5 Å². The number of benzene rings is 2. The fourth-order valence-electron chi connectivity index (χ4n) is 3.51. The lowest BCUT2D eigenvalue weighted by atomic mass is 10.1. The molecule has 0 spiro atoms. The maximum absolute atomic E-state index is 12.9. The van der Waals surface area contributed by atoms with Crippen LogP contribution in [0.1, 0.15) is 33.0 Å². The van der Waals surface area contributed by atoms with Gasteiger partial charge in [-0.3, -0.25) is 9.69 Å². The first-order chi connectivity index (χ1) is 17.3. The number of hydrogen-bond acceptors (Lipinski definition) is 7. The van der Waals surface area contributed by atoms with Crippen molar-refractivity contribution >= 4 is 35.6 Å². The van der Waals surface area contributed by atoms with Crippen LogP contribution >= 0.6 is 11.6 Å². The predicted octanol–water partition coefficient (Wildman–Crippen LogP) is 4.71. The Balaban J connectivity index is 1.50. The van der Waals surface area contributed by atoms with Crippen molar-refractivity contribution < 1.29 is 33.0 Å². The molecule has 1 fully saturated rings. The lowest BCUT2D eigenvalue weighted by Gasteiger charge is -2.14. The molecule has 9 nitrogen and oxygen atoms in total. The summed E-state index contributed by atoms with van der Waals surface area (Å²) in [6.45, 7) is 2.14. The van der Waals surface area contributed by atoms with E-state index in [1.165, 1.54) is 32.4 Å². The van der Waals surface area contributed by atoms with Crippen LogP contribution in [-0.2, 0) is 22.7 Å². The lowest BCUT2D eigenvalue weighted by molar-refractivity contribution is -0.123. The van der Waals surface area contributed by atoms with E-state index >= 15 is 0 Å². The molecule has 0 saturated carbocycles. The molecule has 3 aromatic rings. The molecule has 0 unspecified atom stereocenters. The molecule has 2 aromatic carbocycles. The minimum Gasteiger partial charge on any atom is -0.493 e. The van der Waals surface area contributed by atoms with Gasteiger partial charge in [0.25, 0.3) is 5.91 Å². The first kappa shape index (κ1) is 24.9. The minimum absolute atomic E-state index is 0.0262. The van der Waals surface area contributed by atoms with Crippen molar-refractivity contribution in [2.45, 2.75) is 20.1 Å². The molecule has 10 heteroatoms. The number of furan rings is 1. The van der Waals surface area contributed by atoms with Crippen LogP contribution in [0.3, 0.4) is 0 Å². The van der Waals surface area contributed by atoms with Crippen molar-refractivity contribution in [1.29, 1.82) is 0 Å². The number of hydrogen-bond donors (Lipinski definition) is 1. The molecule has 3 amide bonds. The highest BCUT2D eigenvalue weighted by atomic mass is 35.5. The number of nitrogens with one attached hydrogen (secondary N) is 1. The zero-order valence-corrected chi connectivity index (χ0v) is 20.5. The van der Waals surface area contributed by atoms with Gasteiger partial charge in [-0.2, -0.15) is 0 Å². The zero-order valence-electron chi connectivity index (χ0n) is 19.8. The first-order valence-corrected chi connectivity index (χ1v) is 11.2. The van der Waals surface area contributed by atoms with Gasteiger partial charge in [0.05, 0.1) is 25.8 Å². The molecule has 0 bridgehead atoms. The number of imide groups is 1. The number of methoxy groups -OCH3 is 2.